The maximum absolute atomic E-state index is 15.1. The van der Waals surface area contributed by atoms with Gasteiger partial charge in [-0.1, -0.05) is 50.1 Å². The number of rotatable bonds is 11. The molecule has 0 saturated heterocycles. The maximum atomic E-state index is 15.1. The summed E-state index contributed by atoms with van der Waals surface area (Å²) in [6.45, 7) is 2.01. The van der Waals surface area contributed by atoms with Gasteiger partial charge >= 0.3 is 12.5 Å². The zero-order chi connectivity index (χ0) is 36.4. The van der Waals surface area contributed by atoms with E-state index >= 15 is 13.2 Å². The fraction of sp³-hybridized carbons (Fsp3) is 0.189. The van der Waals surface area contributed by atoms with Crippen LogP contribution in [0.4, 0.5) is 48.3 Å². The Morgan fingerprint density at radius 2 is 1.02 bits per heavy atom. The fourth-order valence-electron chi connectivity index (χ4n) is 5.32. The highest BCUT2D eigenvalue weighted by Gasteiger charge is 2.41. The molecule has 0 saturated carbocycles. The molecule has 0 N–H and O–H groups in total. The van der Waals surface area contributed by atoms with Crippen LogP contribution in [0.1, 0.15) is 37.3 Å². The van der Waals surface area contributed by atoms with Crippen LogP contribution in [0, 0.1) is 34.9 Å². The molecular formula is C37H25F11O2. The molecule has 0 aliphatic heterocycles. The van der Waals surface area contributed by atoms with Crippen LogP contribution in [0.25, 0.3) is 33.4 Å². The Balaban J connectivity index is 1.34. The van der Waals surface area contributed by atoms with Crippen molar-refractivity contribution in [2.24, 2.45) is 0 Å². The minimum Gasteiger partial charge on any atom is -0.429 e. The SMILES string of the molecule is CCCCCc1ccc(-c2cc(F)c(C(F)(F)Oc3ccc(-c4ccc(-c5ccc(OC(F)(F)F)c(F)c5)c(F)c4)c(F)c3)c(F)c2)c(F)c1. The summed E-state index contributed by atoms with van der Waals surface area (Å²) in [6, 6.07) is 12.7. The first kappa shape index (κ1) is 36.2. The molecule has 0 amide bonds. The largest absolute Gasteiger partial charge is 0.573 e. The molecule has 50 heavy (non-hydrogen) atoms. The van der Waals surface area contributed by atoms with Gasteiger partial charge in [0.15, 0.2) is 11.6 Å². The molecule has 2 nitrogen and oxygen atoms in total. The molecule has 5 aromatic rings. The van der Waals surface area contributed by atoms with Crippen molar-refractivity contribution in [1.82, 2.24) is 0 Å². The first-order chi connectivity index (χ1) is 23.6. The zero-order valence-electron chi connectivity index (χ0n) is 25.9. The van der Waals surface area contributed by atoms with Gasteiger partial charge in [0.2, 0.25) is 0 Å². The van der Waals surface area contributed by atoms with Crippen molar-refractivity contribution in [3.63, 3.8) is 0 Å². The molecule has 0 aliphatic carbocycles. The van der Waals surface area contributed by atoms with Gasteiger partial charge in [-0.3, -0.25) is 0 Å². The number of unbranched alkanes of at least 4 members (excludes halogenated alkanes) is 2. The number of alkyl halides is 5. The Bertz CT molecular complexity index is 2000. The molecule has 0 atom stereocenters. The quantitative estimate of drug-likeness (QED) is 0.100. The van der Waals surface area contributed by atoms with E-state index in [2.05, 4.69) is 9.47 Å². The first-order valence-corrected chi connectivity index (χ1v) is 15.1. The summed E-state index contributed by atoms with van der Waals surface area (Å²) in [5, 5.41) is 0. The normalized spacial score (nSPS) is 11.9. The summed E-state index contributed by atoms with van der Waals surface area (Å²) in [5.41, 5.74) is -2.52. The lowest BCUT2D eigenvalue weighted by molar-refractivity contribution is -0.275. The summed E-state index contributed by atoms with van der Waals surface area (Å²) in [4.78, 5) is 0. The first-order valence-electron chi connectivity index (χ1n) is 15.1. The lowest BCUT2D eigenvalue weighted by Gasteiger charge is -2.20. The molecular weight excluding hydrogens is 685 g/mol. The van der Waals surface area contributed by atoms with E-state index in [9.17, 15) is 35.1 Å². The minimum absolute atomic E-state index is 0.117. The smallest absolute Gasteiger partial charge is 0.429 e. The van der Waals surface area contributed by atoms with Crippen molar-refractivity contribution >= 4 is 0 Å². The third-order valence-electron chi connectivity index (χ3n) is 7.68. The number of benzene rings is 5. The van der Waals surface area contributed by atoms with Gasteiger partial charge in [-0.25, -0.2) is 26.3 Å². The second kappa shape index (κ2) is 14.4. The van der Waals surface area contributed by atoms with Crippen molar-refractivity contribution in [3.05, 3.63) is 131 Å². The molecule has 262 valence electrons. The Morgan fingerprint density at radius 3 is 1.58 bits per heavy atom. The molecule has 0 heterocycles. The lowest BCUT2D eigenvalue weighted by atomic mass is 9.98. The summed E-state index contributed by atoms with van der Waals surface area (Å²) >= 11 is 0. The Morgan fingerprint density at radius 1 is 0.500 bits per heavy atom. The number of halogens is 11. The van der Waals surface area contributed by atoms with Crippen LogP contribution < -0.4 is 9.47 Å². The van der Waals surface area contributed by atoms with E-state index in [1.54, 1.807) is 6.07 Å². The Kier molecular flexibility index (Phi) is 10.4. The van der Waals surface area contributed by atoms with Gasteiger partial charge in [0.25, 0.3) is 0 Å². The minimum atomic E-state index is -5.16. The predicted octanol–water partition coefficient (Wildman–Crippen LogP) is 12.3. The van der Waals surface area contributed by atoms with E-state index in [1.807, 2.05) is 6.92 Å². The van der Waals surface area contributed by atoms with Crippen LogP contribution >= 0.6 is 0 Å². The number of ether oxygens (including phenoxy) is 2. The molecule has 0 radical (unpaired) electrons. The highest BCUT2D eigenvalue weighted by atomic mass is 19.4. The Labute approximate surface area is 278 Å². The average Bonchev–Trinajstić information content (AvgIpc) is 3.01. The molecule has 13 heteroatoms. The van der Waals surface area contributed by atoms with Crippen LogP contribution in [0.5, 0.6) is 11.5 Å². The van der Waals surface area contributed by atoms with Gasteiger partial charge < -0.3 is 9.47 Å². The van der Waals surface area contributed by atoms with Gasteiger partial charge in [0.1, 0.15) is 40.4 Å². The third kappa shape index (κ3) is 8.20. The fourth-order valence-corrected chi connectivity index (χ4v) is 5.32. The monoisotopic (exact) mass is 710 g/mol. The standard InChI is InChI=1S/C37H25F11O2/c1-2-3-4-5-20-6-10-27(28(38)14-20)23-17-32(42)35(33(43)18-23)36(44,45)49-24-9-12-26(30(40)19-24)21-7-11-25(29(39)15-21)22-8-13-34(31(41)16-22)50-37(46,47)48/h6-19H,2-5H2,1H3. The molecule has 5 aromatic carbocycles. The molecule has 0 bridgehead atoms. The van der Waals surface area contributed by atoms with Gasteiger partial charge in [0, 0.05) is 22.8 Å². The van der Waals surface area contributed by atoms with Crippen molar-refractivity contribution in [2.75, 3.05) is 0 Å². The number of hydrogen-bond acceptors (Lipinski definition) is 2. The van der Waals surface area contributed by atoms with E-state index < -0.39 is 64.4 Å². The van der Waals surface area contributed by atoms with E-state index in [0.29, 0.717) is 42.3 Å². The van der Waals surface area contributed by atoms with E-state index in [4.69, 9.17) is 0 Å². The second-order valence-electron chi connectivity index (χ2n) is 11.2. The van der Waals surface area contributed by atoms with Gasteiger partial charge in [-0.15, -0.1) is 13.2 Å². The molecule has 0 fully saturated rings. The highest BCUT2D eigenvalue weighted by molar-refractivity contribution is 5.72. The molecule has 0 aromatic heterocycles. The summed E-state index contributed by atoms with van der Waals surface area (Å²) in [7, 11) is 0. The van der Waals surface area contributed by atoms with Crippen molar-refractivity contribution in [3.8, 4) is 44.9 Å². The van der Waals surface area contributed by atoms with Crippen LogP contribution in [0.3, 0.4) is 0 Å². The molecule has 0 aliphatic rings. The summed E-state index contributed by atoms with van der Waals surface area (Å²) in [5.74, 6) is -9.92. The zero-order valence-corrected chi connectivity index (χ0v) is 25.9. The van der Waals surface area contributed by atoms with Gasteiger partial charge in [0.05, 0.1) is 0 Å². The molecule has 0 spiro atoms. The molecule has 0 unspecified atom stereocenters. The number of aryl methyl sites for hydroxylation is 1. The highest BCUT2D eigenvalue weighted by Crippen LogP contribution is 2.39. The van der Waals surface area contributed by atoms with Crippen molar-refractivity contribution in [1.29, 1.82) is 0 Å². The summed E-state index contributed by atoms with van der Waals surface area (Å²) < 4.78 is 164. The predicted molar refractivity (Wildman–Crippen MR) is 163 cm³/mol. The van der Waals surface area contributed by atoms with E-state index in [0.717, 1.165) is 49.6 Å². The molecule has 5 rings (SSSR count). The van der Waals surface area contributed by atoms with E-state index in [-0.39, 0.29) is 33.4 Å². The maximum Gasteiger partial charge on any atom is 0.573 e. The van der Waals surface area contributed by atoms with Crippen molar-refractivity contribution < 1.29 is 57.8 Å². The number of hydrogen-bond donors (Lipinski definition) is 0. The van der Waals surface area contributed by atoms with Gasteiger partial charge in [-0.2, -0.15) is 8.78 Å². The van der Waals surface area contributed by atoms with Gasteiger partial charge in [-0.05, 0) is 83.6 Å². The van der Waals surface area contributed by atoms with Crippen LogP contribution in [0.15, 0.2) is 84.9 Å². The summed E-state index contributed by atoms with van der Waals surface area (Å²) in [6.07, 6.45) is -6.52. The van der Waals surface area contributed by atoms with Crippen LogP contribution in [0.2, 0.25) is 0 Å². The van der Waals surface area contributed by atoms with Crippen LogP contribution in [-0.4, -0.2) is 6.36 Å². The van der Waals surface area contributed by atoms with E-state index in [1.165, 1.54) is 18.2 Å². The third-order valence-corrected chi connectivity index (χ3v) is 7.68. The van der Waals surface area contributed by atoms with Crippen molar-refractivity contribution in [2.45, 2.75) is 45.1 Å². The topological polar surface area (TPSA) is 18.5 Å². The second-order valence-corrected chi connectivity index (χ2v) is 11.2. The Hall–Kier alpha value is -5.07. The van der Waals surface area contributed by atoms with Crippen LogP contribution in [-0.2, 0) is 12.5 Å². The lowest BCUT2D eigenvalue weighted by Crippen LogP contribution is -2.25. The average molecular weight is 711 g/mol.